The number of unbranched alkanes of at least 4 members (excludes halogenated alkanes) is 22. The van der Waals surface area contributed by atoms with Crippen molar-refractivity contribution in [2.24, 2.45) is 0 Å². The van der Waals surface area contributed by atoms with Crippen molar-refractivity contribution >= 4 is 5.91 Å². The van der Waals surface area contributed by atoms with E-state index in [1.807, 2.05) is 0 Å². The van der Waals surface area contributed by atoms with Gasteiger partial charge in [0.2, 0.25) is 5.91 Å². The van der Waals surface area contributed by atoms with Gasteiger partial charge in [-0.05, 0) is 64.2 Å². The fourth-order valence-electron chi connectivity index (χ4n) is 7.32. The van der Waals surface area contributed by atoms with Gasteiger partial charge in [0.15, 0.2) is 6.29 Å². The molecule has 0 spiro atoms. The van der Waals surface area contributed by atoms with Gasteiger partial charge in [-0.15, -0.1) is 0 Å². The Kier molecular flexibility index (Phi) is 34.3. The van der Waals surface area contributed by atoms with Gasteiger partial charge in [-0.2, -0.15) is 0 Å². The van der Waals surface area contributed by atoms with E-state index in [4.69, 9.17) is 9.47 Å². The molecule has 1 fully saturated rings. The van der Waals surface area contributed by atoms with E-state index in [1.54, 1.807) is 0 Å². The summed E-state index contributed by atoms with van der Waals surface area (Å²) in [6, 6.07) is -1.18. The third-order valence-electron chi connectivity index (χ3n) is 11.2. The summed E-state index contributed by atoms with van der Waals surface area (Å²) in [6.45, 7) is 3.40. The Balaban J connectivity index is 2.49. The van der Waals surface area contributed by atoms with Crippen LogP contribution in [0.15, 0.2) is 24.3 Å². The van der Waals surface area contributed by atoms with Crippen LogP contribution in [0, 0.1) is 0 Å². The summed E-state index contributed by atoms with van der Waals surface area (Å²) < 4.78 is 11.1. The van der Waals surface area contributed by atoms with E-state index in [0.717, 1.165) is 57.8 Å². The second-order valence-corrected chi connectivity index (χ2v) is 16.5. The second kappa shape index (κ2) is 36.4. The summed E-state index contributed by atoms with van der Waals surface area (Å²) in [4.78, 5) is 13.1. The van der Waals surface area contributed by atoms with Crippen LogP contribution >= 0.6 is 0 Å². The number of hydrogen-bond donors (Lipinski definition) is 8. The Morgan fingerprint density at radius 1 is 0.596 bits per heavy atom. The summed E-state index contributed by atoms with van der Waals surface area (Å²) >= 11 is 0. The SMILES string of the molecule is CCCCCC/C=C\CCCCCCCCC(O)C(=O)NC(COC1OC(CO)C(O)C(O)C1O)C(O)C(O)CCC/C=C/CCCCCCCCCCCCC. The zero-order valence-electron chi connectivity index (χ0n) is 36.1. The van der Waals surface area contributed by atoms with Gasteiger partial charge in [0.25, 0.3) is 0 Å². The quantitative estimate of drug-likeness (QED) is 0.0230. The van der Waals surface area contributed by atoms with Crippen LogP contribution in [0.4, 0.5) is 0 Å². The number of allylic oxidation sites excluding steroid dienone is 4. The number of aliphatic hydroxyl groups is 7. The van der Waals surface area contributed by atoms with Crippen molar-refractivity contribution in [3.05, 3.63) is 24.3 Å². The molecular formula is C46H87NO10. The van der Waals surface area contributed by atoms with Crippen molar-refractivity contribution in [2.75, 3.05) is 13.2 Å². The molecule has 0 saturated carbocycles. The van der Waals surface area contributed by atoms with Crippen molar-refractivity contribution in [3.8, 4) is 0 Å². The smallest absolute Gasteiger partial charge is 0.249 e. The minimum atomic E-state index is -1.67. The molecule has 1 aliphatic rings. The normalized spacial score (nSPS) is 22.3. The number of ether oxygens (including phenoxy) is 2. The second-order valence-electron chi connectivity index (χ2n) is 16.5. The average molecular weight is 814 g/mol. The molecule has 1 heterocycles. The average Bonchev–Trinajstić information content (AvgIpc) is 3.21. The Hall–Kier alpha value is -1.41. The zero-order chi connectivity index (χ0) is 41.9. The first-order chi connectivity index (χ1) is 27.7. The van der Waals surface area contributed by atoms with Crippen LogP contribution < -0.4 is 5.32 Å². The number of nitrogens with one attached hydrogen (secondary N) is 1. The first-order valence-electron chi connectivity index (χ1n) is 23.2. The Labute approximate surface area is 346 Å². The van der Waals surface area contributed by atoms with Crippen molar-refractivity contribution in [3.63, 3.8) is 0 Å². The highest BCUT2D eigenvalue weighted by atomic mass is 16.7. The Bertz CT molecular complexity index is 981. The number of carbonyl (C=O) groups excluding carboxylic acids is 1. The topological polar surface area (TPSA) is 189 Å². The number of carbonyl (C=O) groups is 1. The molecule has 1 saturated heterocycles. The molecule has 9 unspecified atom stereocenters. The lowest BCUT2D eigenvalue weighted by Gasteiger charge is -2.40. The first-order valence-corrected chi connectivity index (χ1v) is 23.2. The minimum absolute atomic E-state index is 0.247. The molecule has 0 aromatic carbocycles. The third-order valence-corrected chi connectivity index (χ3v) is 11.2. The monoisotopic (exact) mass is 814 g/mol. The van der Waals surface area contributed by atoms with Gasteiger partial charge in [-0.25, -0.2) is 0 Å². The van der Waals surface area contributed by atoms with Gasteiger partial charge >= 0.3 is 0 Å². The van der Waals surface area contributed by atoms with E-state index >= 15 is 0 Å². The standard InChI is InChI=1S/C46H87NO10/c1-3-5-7-9-11-13-15-17-19-20-22-23-25-27-29-31-33-38(49)41(51)37(36-56-46-44(54)43(53)42(52)40(35-48)57-46)47-45(55)39(50)34-32-30-28-26-24-21-18-16-14-12-10-8-6-4-2/h14,16,25,27,37-44,46,48-54H,3-13,15,17-24,26,28-36H2,1-2H3,(H,47,55)/b16-14-,27-25+. The molecule has 8 N–H and O–H groups in total. The number of aliphatic hydroxyl groups excluding tert-OH is 7. The summed E-state index contributed by atoms with van der Waals surface area (Å²) in [7, 11) is 0. The Morgan fingerprint density at radius 3 is 1.53 bits per heavy atom. The molecule has 0 radical (unpaired) electrons. The van der Waals surface area contributed by atoms with Crippen LogP contribution in [-0.4, -0.2) is 110 Å². The molecular weight excluding hydrogens is 727 g/mol. The highest BCUT2D eigenvalue weighted by molar-refractivity contribution is 5.80. The highest BCUT2D eigenvalue weighted by Gasteiger charge is 2.44. The zero-order valence-corrected chi connectivity index (χ0v) is 36.1. The fraction of sp³-hybridized carbons (Fsp3) is 0.891. The predicted molar refractivity (Wildman–Crippen MR) is 229 cm³/mol. The van der Waals surface area contributed by atoms with Crippen LogP contribution in [0.5, 0.6) is 0 Å². The lowest BCUT2D eigenvalue weighted by atomic mass is 9.98. The maximum Gasteiger partial charge on any atom is 0.249 e. The van der Waals surface area contributed by atoms with E-state index in [0.29, 0.717) is 12.8 Å². The van der Waals surface area contributed by atoms with Crippen molar-refractivity contribution in [2.45, 2.75) is 249 Å². The van der Waals surface area contributed by atoms with Crippen LogP contribution in [-0.2, 0) is 14.3 Å². The Morgan fingerprint density at radius 2 is 1.04 bits per heavy atom. The third kappa shape index (κ3) is 26.4. The lowest BCUT2D eigenvalue weighted by Crippen LogP contribution is -2.60. The molecule has 1 amide bonds. The largest absolute Gasteiger partial charge is 0.394 e. The number of amides is 1. The van der Waals surface area contributed by atoms with Gasteiger partial charge in [0.05, 0.1) is 25.4 Å². The predicted octanol–water partition coefficient (Wildman–Crippen LogP) is 7.45. The van der Waals surface area contributed by atoms with Crippen LogP contribution in [0.25, 0.3) is 0 Å². The van der Waals surface area contributed by atoms with Crippen LogP contribution in [0.2, 0.25) is 0 Å². The van der Waals surface area contributed by atoms with Gasteiger partial charge < -0.3 is 50.5 Å². The van der Waals surface area contributed by atoms with E-state index in [1.165, 1.54) is 96.3 Å². The summed E-state index contributed by atoms with van der Waals surface area (Å²) in [5.74, 6) is -0.713. The molecule has 57 heavy (non-hydrogen) atoms. The molecule has 1 rings (SSSR count). The molecule has 336 valence electrons. The summed E-state index contributed by atoms with van der Waals surface area (Å²) in [6.07, 6.45) is 28.0. The summed E-state index contributed by atoms with van der Waals surface area (Å²) in [5, 5.41) is 75.6. The van der Waals surface area contributed by atoms with Gasteiger partial charge in [-0.1, -0.05) is 154 Å². The van der Waals surface area contributed by atoms with Gasteiger partial charge in [0, 0.05) is 0 Å². The maximum absolute atomic E-state index is 13.1. The van der Waals surface area contributed by atoms with E-state index in [-0.39, 0.29) is 12.8 Å². The van der Waals surface area contributed by atoms with Crippen molar-refractivity contribution in [1.82, 2.24) is 5.32 Å². The first kappa shape index (κ1) is 53.6. The van der Waals surface area contributed by atoms with Crippen molar-refractivity contribution < 1.29 is 50.0 Å². The van der Waals surface area contributed by atoms with E-state index < -0.39 is 74.2 Å². The molecule has 0 aromatic heterocycles. The van der Waals surface area contributed by atoms with Gasteiger partial charge in [0.1, 0.15) is 36.6 Å². The molecule has 0 aromatic rings. The molecule has 11 nitrogen and oxygen atoms in total. The van der Waals surface area contributed by atoms with E-state index in [9.17, 15) is 40.5 Å². The lowest BCUT2D eigenvalue weighted by molar-refractivity contribution is -0.303. The summed E-state index contributed by atoms with van der Waals surface area (Å²) in [5.41, 5.74) is 0. The van der Waals surface area contributed by atoms with Crippen LogP contribution in [0.1, 0.15) is 194 Å². The molecule has 9 atom stereocenters. The number of hydrogen-bond acceptors (Lipinski definition) is 10. The number of rotatable bonds is 38. The molecule has 0 aliphatic carbocycles. The van der Waals surface area contributed by atoms with Crippen LogP contribution in [0.3, 0.4) is 0 Å². The van der Waals surface area contributed by atoms with E-state index in [2.05, 4.69) is 43.5 Å². The van der Waals surface area contributed by atoms with Crippen molar-refractivity contribution in [1.29, 1.82) is 0 Å². The molecule has 1 aliphatic heterocycles. The minimum Gasteiger partial charge on any atom is -0.394 e. The fourth-order valence-corrected chi connectivity index (χ4v) is 7.32. The molecule has 0 bridgehead atoms. The van der Waals surface area contributed by atoms with Gasteiger partial charge in [-0.3, -0.25) is 4.79 Å². The maximum atomic E-state index is 13.1. The molecule has 11 heteroatoms. The highest BCUT2D eigenvalue weighted by Crippen LogP contribution is 2.23.